The molecule has 3 nitrogen and oxygen atoms in total. The lowest BCUT2D eigenvalue weighted by atomic mass is 9.85. The van der Waals surface area contributed by atoms with E-state index in [2.05, 4.69) is 26.2 Å². The monoisotopic (exact) mass is 200 g/mol. The summed E-state index contributed by atoms with van der Waals surface area (Å²) in [5.74, 6) is 6.19. The van der Waals surface area contributed by atoms with Gasteiger partial charge in [-0.15, -0.1) is 0 Å². The van der Waals surface area contributed by atoms with Crippen LogP contribution in [0.2, 0.25) is 0 Å². The quantitative estimate of drug-likeness (QED) is 0.536. The Labute approximate surface area is 87.4 Å². The Hall–Kier alpha value is -0.120. The maximum absolute atomic E-state index is 5.58. The van der Waals surface area contributed by atoms with Crippen LogP contribution in [0, 0.1) is 11.3 Å². The van der Waals surface area contributed by atoms with Gasteiger partial charge in [-0.2, -0.15) is 0 Å². The van der Waals surface area contributed by atoms with Crippen LogP contribution in [0.25, 0.3) is 0 Å². The van der Waals surface area contributed by atoms with Gasteiger partial charge in [0.05, 0.1) is 6.61 Å². The largest absolute Gasteiger partial charge is 0.381 e. The standard InChI is InChI=1S/C11H24N2O/c1-11(2,3)6-4-10(13-12)9-5-7-14-8-9/h9-10,13H,4-8,12H2,1-3H3. The maximum Gasteiger partial charge on any atom is 0.0510 e. The van der Waals surface area contributed by atoms with Crippen molar-refractivity contribution in [3.8, 4) is 0 Å². The third kappa shape index (κ3) is 3.95. The second-order valence-corrected chi connectivity index (χ2v) is 5.50. The molecule has 1 fully saturated rings. The Morgan fingerprint density at radius 2 is 2.21 bits per heavy atom. The van der Waals surface area contributed by atoms with Crippen molar-refractivity contribution in [3.63, 3.8) is 0 Å². The lowest BCUT2D eigenvalue weighted by molar-refractivity contribution is 0.172. The van der Waals surface area contributed by atoms with Crippen LogP contribution in [0.3, 0.4) is 0 Å². The van der Waals surface area contributed by atoms with E-state index in [1.165, 1.54) is 6.42 Å². The first-order chi connectivity index (χ1) is 6.53. The fraction of sp³-hybridized carbons (Fsp3) is 1.00. The molecule has 0 spiro atoms. The molecule has 3 N–H and O–H groups in total. The Balaban J connectivity index is 2.31. The van der Waals surface area contributed by atoms with Gasteiger partial charge in [-0.25, -0.2) is 0 Å². The number of hydrogen-bond acceptors (Lipinski definition) is 3. The van der Waals surface area contributed by atoms with Gasteiger partial charge in [0.2, 0.25) is 0 Å². The number of nitrogens with one attached hydrogen (secondary N) is 1. The van der Waals surface area contributed by atoms with Crippen molar-refractivity contribution in [3.05, 3.63) is 0 Å². The van der Waals surface area contributed by atoms with Gasteiger partial charge < -0.3 is 4.74 Å². The molecule has 1 aliphatic rings. The van der Waals surface area contributed by atoms with E-state index in [0.29, 0.717) is 17.4 Å². The molecule has 2 unspecified atom stereocenters. The van der Waals surface area contributed by atoms with Gasteiger partial charge >= 0.3 is 0 Å². The first-order valence-electron chi connectivity index (χ1n) is 5.57. The number of hydrogen-bond donors (Lipinski definition) is 2. The SMILES string of the molecule is CC(C)(C)CCC(NN)C1CCOC1. The molecule has 2 atom stereocenters. The molecule has 1 aliphatic heterocycles. The van der Waals surface area contributed by atoms with Gasteiger partial charge in [0, 0.05) is 18.6 Å². The zero-order chi connectivity index (χ0) is 10.6. The third-order valence-electron chi connectivity index (χ3n) is 2.95. The summed E-state index contributed by atoms with van der Waals surface area (Å²) in [6.07, 6.45) is 3.51. The second-order valence-electron chi connectivity index (χ2n) is 5.50. The number of rotatable bonds is 4. The van der Waals surface area contributed by atoms with Crippen LogP contribution in [0.4, 0.5) is 0 Å². The molecule has 84 valence electrons. The van der Waals surface area contributed by atoms with E-state index >= 15 is 0 Å². The van der Waals surface area contributed by atoms with Gasteiger partial charge in [0.1, 0.15) is 0 Å². The van der Waals surface area contributed by atoms with Gasteiger partial charge in [-0.3, -0.25) is 11.3 Å². The van der Waals surface area contributed by atoms with Crippen molar-refractivity contribution in [2.24, 2.45) is 17.2 Å². The molecule has 3 heteroatoms. The minimum absolute atomic E-state index is 0.397. The van der Waals surface area contributed by atoms with Crippen molar-refractivity contribution in [1.29, 1.82) is 0 Å². The number of nitrogens with two attached hydrogens (primary N) is 1. The van der Waals surface area contributed by atoms with Crippen molar-refractivity contribution >= 4 is 0 Å². The number of ether oxygens (including phenoxy) is 1. The maximum atomic E-state index is 5.58. The Morgan fingerprint density at radius 3 is 2.64 bits per heavy atom. The molecule has 0 aliphatic carbocycles. The fourth-order valence-corrected chi connectivity index (χ4v) is 1.91. The van der Waals surface area contributed by atoms with Crippen LogP contribution in [0.1, 0.15) is 40.0 Å². The summed E-state index contributed by atoms with van der Waals surface area (Å²) in [6, 6.07) is 0.428. The second kappa shape index (κ2) is 5.10. The topological polar surface area (TPSA) is 47.3 Å². The van der Waals surface area contributed by atoms with Crippen molar-refractivity contribution in [2.45, 2.75) is 46.1 Å². The average molecular weight is 200 g/mol. The highest BCUT2D eigenvalue weighted by molar-refractivity contribution is 4.79. The van der Waals surface area contributed by atoms with E-state index < -0.39 is 0 Å². The Morgan fingerprint density at radius 1 is 1.50 bits per heavy atom. The van der Waals surface area contributed by atoms with Crippen molar-refractivity contribution < 1.29 is 4.74 Å². The smallest absolute Gasteiger partial charge is 0.0510 e. The predicted molar refractivity (Wildman–Crippen MR) is 58.7 cm³/mol. The summed E-state index contributed by atoms with van der Waals surface area (Å²) in [7, 11) is 0. The van der Waals surface area contributed by atoms with Crippen LogP contribution in [0.5, 0.6) is 0 Å². The summed E-state index contributed by atoms with van der Waals surface area (Å²) in [5, 5.41) is 0. The van der Waals surface area contributed by atoms with E-state index in [-0.39, 0.29) is 0 Å². The summed E-state index contributed by atoms with van der Waals surface area (Å²) in [5.41, 5.74) is 3.33. The molecule has 0 aromatic rings. The van der Waals surface area contributed by atoms with Gasteiger partial charge in [-0.1, -0.05) is 20.8 Å². The normalized spacial score (nSPS) is 25.3. The highest BCUT2D eigenvalue weighted by Gasteiger charge is 2.25. The summed E-state index contributed by atoms with van der Waals surface area (Å²) in [6.45, 7) is 8.58. The molecule has 0 aromatic carbocycles. The lowest BCUT2D eigenvalue weighted by Crippen LogP contribution is -2.41. The van der Waals surface area contributed by atoms with E-state index in [4.69, 9.17) is 10.6 Å². The highest BCUT2D eigenvalue weighted by Crippen LogP contribution is 2.26. The molecule has 0 aromatic heterocycles. The molecule has 0 bridgehead atoms. The van der Waals surface area contributed by atoms with Crippen LogP contribution < -0.4 is 11.3 Å². The molecule has 1 rings (SSSR count). The minimum atomic E-state index is 0.397. The first kappa shape index (κ1) is 12.0. The van der Waals surface area contributed by atoms with E-state index in [1.54, 1.807) is 0 Å². The fourth-order valence-electron chi connectivity index (χ4n) is 1.91. The molecular weight excluding hydrogens is 176 g/mol. The van der Waals surface area contributed by atoms with Crippen LogP contribution >= 0.6 is 0 Å². The zero-order valence-corrected chi connectivity index (χ0v) is 9.68. The van der Waals surface area contributed by atoms with E-state index in [9.17, 15) is 0 Å². The molecule has 1 saturated heterocycles. The average Bonchev–Trinajstić information content (AvgIpc) is 2.56. The minimum Gasteiger partial charge on any atom is -0.381 e. The van der Waals surface area contributed by atoms with Crippen molar-refractivity contribution in [1.82, 2.24) is 5.43 Å². The van der Waals surface area contributed by atoms with Gasteiger partial charge in [0.15, 0.2) is 0 Å². The van der Waals surface area contributed by atoms with Crippen molar-refractivity contribution in [2.75, 3.05) is 13.2 Å². The zero-order valence-electron chi connectivity index (χ0n) is 9.68. The molecule has 0 radical (unpaired) electrons. The molecule has 1 heterocycles. The Bertz CT molecular complexity index is 159. The van der Waals surface area contributed by atoms with Crippen LogP contribution in [0.15, 0.2) is 0 Å². The highest BCUT2D eigenvalue weighted by atomic mass is 16.5. The van der Waals surface area contributed by atoms with Gasteiger partial charge in [-0.05, 0) is 24.7 Å². The van der Waals surface area contributed by atoms with Crippen LogP contribution in [-0.4, -0.2) is 19.3 Å². The Kier molecular flexibility index (Phi) is 4.35. The summed E-state index contributed by atoms with van der Waals surface area (Å²) >= 11 is 0. The molecular formula is C11H24N2O. The molecule has 14 heavy (non-hydrogen) atoms. The summed E-state index contributed by atoms with van der Waals surface area (Å²) in [4.78, 5) is 0. The lowest BCUT2D eigenvalue weighted by Gasteiger charge is -2.25. The van der Waals surface area contributed by atoms with E-state index in [1.807, 2.05) is 0 Å². The predicted octanol–water partition coefficient (Wildman–Crippen LogP) is 1.68. The van der Waals surface area contributed by atoms with E-state index in [0.717, 1.165) is 26.1 Å². The molecule has 0 amide bonds. The third-order valence-corrected chi connectivity index (χ3v) is 2.95. The number of hydrazine groups is 1. The van der Waals surface area contributed by atoms with Crippen LogP contribution in [-0.2, 0) is 4.74 Å². The van der Waals surface area contributed by atoms with Gasteiger partial charge in [0.25, 0.3) is 0 Å². The summed E-state index contributed by atoms with van der Waals surface area (Å²) < 4.78 is 5.38. The first-order valence-corrected chi connectivity index (χ1v) is 5.57. The molecule has 0 saturated carbocycles.